The minimum Gasteiger partial charge on any atom is -0.377 e. The molecule has 0 amide bonds. The van der Waals surface area contributed by atoms with Crippen LogP contribution in [0.25, 0.3) is 0 Å². The van der Waals surface area contributed by atoms with Crippen LogP contribution in [0.2, 0.25) is 0 Å². The average Bonchev–Trinajstić information content (AvgIpc) is 2.78. The Morgan fingerprint density at radius 3 is 2.12 bits per heavy atom. The first kappa shape index (κ1) is 14.9. The molecule has 2 N–H and O–H groups in total. The average molecular weight is 242 g/mol. The van der Waals surface area contributed by atoms with E-state index in [9.17, 15) is 0 Å². The van der Waals surface area contributed by atoms with Crippen LogP contribution in [0.3, 0.4) is 0 Å². The van der Waals surface area contributed by atoms with Crippen LogP contribution in [-0.4, -0.2) is 42.3 Å². The Labute approximate surface area is 107 Å². The molecule has 1 rings (SSSR count). The lowest BCUT2D eigenvalue weighted by molar-refractivity contribution is 0.00638. The highest BCUT2D eigenvalue weighted by atomic mass is 16.5. The van der Waals surface area contributed by atoms with Gasteiger partial charge in [0.25, 0.3) is 0 Å². The number of hydrogen-bond acceptors (Lipinski definition) is 3. The van der Waals surface area contributed by atoms with Gasteiger partial charge in [-0.05, 0) is 39.8 Å². The monoisotopic (exact) mass is 242 g/mol. The second kappa shape index (κ2) is 6.72. The van der Waals surface area contributed by atoms with E-state index in [2.05, 4.69) is 32.6 Å². The van der Waals surface area contributed by atoms with Crippen LogP contribution in [0.5, 0.6) is 0 Å². The summed E-state index contributed by atoms with van der Waals surface area (Å²) >= 11 is 0. The molecule has 1 atom stereocenters. The van der Waals surface area contributed by atoms with E-state index in [4.69, 9.17) is 10.5 Å². The van der Waals surface area contributed by atoms with Crippen LogP contribution in [-0.2, 0) is 4.74 Å². The lowest BCUT2D eigenvalue weighted by Crippen LogP contribution is -2.60. The fraction of sp³-hybridized carbons (Fsp3) is 1.00. The standard InChI is InChI=1S/C14H30N2O/c1-5-16(6-2)14(9-7-8-10-14)13(15)11-17-12(3)4/h12-13H,5-11,15H2,1-4H3. The predicted molar refractivity (Wildman–Crippen MR) is 73.2 cm³/mol. The lowest BCUT2D eigenvalue weighted by Gasteiger charge is -2.44. The number of rotatable bonds is 7. The van der Waals surface area contributed by atoms with E-state index in [0.717, 1.165) is 13.1 Å². The van der Waals surface area contributed by atoms with Crippen LogP contribution in [0.15, 0.2) is 0 Å². The molecule has 0 radical (unpaired) electrons. The van der Waals surface area contributed by atoms with Gasteiger partial charge in [-0.1, -0.05) is 26.7 Å². The van der Waals surface area contributed by atoms with E-state index < -0.39 is 0 Å². The summed E-state index contributed by atoms with van der Waals surface area (Å²) in [6.07, 6.45) is 5.36. The number of likely N-dealkylation sites (N-methyl/N-ethyl adjacent to an activating group) is 1. The fourth-order valence-corrected chi connectivity index (χ4v) is 3.21. The van der Waals surface area contributed by atoms with Gasteiger partial charge in [-0.15, -0.1) is 0 Å². The van der Waals surface area contributed by atoms with Crippen molar-refractivity contribution >= 4 is 0 Å². The van der Waals surface area contributed by atoms with E-state index in [1.165, 1.54) is 25.7 Å². The molecule has 1 aliphatic rings. The van der Waals surface area contributed by atoms with Gasteiger partial charge in [-0.25, -0.2) is 0 Å². The quantitative estimate of drug-likeness (QED) is 0.745. The van der Waals surface area contributed by atoms with Crippen molar-refractivity contribution in [2.75, 3.05) is 19.7 Å². The summed E-state index contributed by atoms with van der Waals surface area (Å²) in [5.41, 5.74) is 6.64. The Balaban J connectivity index is 2.69. The molecule has 1 aliphatic carbocycles. The Morgan fingerprint density at radius 2 is 1.71 bits per heavy atom. The zero-order chi connectivity index (χ0) is 12.9. The molecule has 1 fully saturated rings. The molecule has 0 aromatic heterocycles. The van der Waals surface area contributed by atoms with Gasteiger partial charge < -0.3 is 10.5 Å². The summed E-state index contributed by atoms with van der Waals surface area (Å²) in [6.45, 7) is 11.5. The zero-order valence-corrected chi connectivity index (χ0v) is 12.0. The van der Waals surface area contributed by atoms with Gasteiger partial charge in [-0.3, -0.25) is 4.90 Å². The summed E-state index contributed by atoms with van der Waals surface area (Å²) in [6, 6.07) is 0.146. The summed E-state index contributed by atoms with van der Waals surface area (Å²) in [5, 5.41) is 0. The summed E-state index contributed by atoms with van der Waals surface area (Å²) in [7, 11) is 0. The Bertz CT molecular complexity index is 208. The molecule has 17 heavy (non-hydrogen) atoms. The lowest BCUT2D eigenvalue weighted by atomic mass is 9.86. The van der Waals surface area contributed by atoms with Crippen molar-refractivity contribution in [2.45, 2.75) is 71.1 Å². The first-order valence-corrected chi connectivity index (χ1v) is 7.19. The highest BCUT2D eigenvalue weighted by Gasteiger charge is 2.43. The zero-order valence-electron chi connectivity index (χ0n) is 12.0. The second-order valence-corrected chi connectivity index (χ2v) is 5.47. The number of ether oxygens (including phenoxy) is 1. The van der Waals surface area contributed by atoms with Crippen molar-refractivity contribution in [2.24, 2.45) is 5.73 Å². The van der Waals surface area contributed by atoms with Gasteiger partial charge in [0.1, 0.15) is 0 Å². The molecular formula is C14H30N2O. The first-order valence-electron chi connectivity index (χ1n) is 7.19. The van der Waals surface area contributed by atoms with E-state index in [-0.39, 0.29) is 17.7 Å². The van der Waals surface area contributed by atoms with Crippen LogP contribution < -0.4 is 5.73 Å². The van der Waals surface area contributed by atoms with Gasteiger partial charge >= 0.3 is 0 Å². The Kier molecular flexibility index (Phi) is 5.90. The molecule has 102 valence electrons. The van der Waals surface area contributed by atoms with Crippen LogP contribution >= 0.6 is 0 Å². The highest BCUT2D eigenvalue weighted by molar-refractivity contribution is 5.02. The van der Waals surface area contributed by atoms with Crippen molar-refractivity contribution in [3.8, 4) is 0 Å². The minimum absolute atomic E-state index is 0.146. The van der Waals surface area contributed by atoms with E-state index in [1.54, 1.807) is 0 Å². The third-order valence-corrected chi connectivity index (χ3v) is 4.16. The van der Waals surface area contributed by atoms with Crippen LogP contribution in [0.1, 0.15) is 53.4 Å². The minimum atomic E-state index is 0.146. The maximum atomic E-state index is 6.45. The maximum Gasteiger partial charge on any atom is 0.0639 e. The SMILES string of the molecule is CCN(CC)C1(C(N)COC(C)C)CCCC1. The molecule has 0 aliphatic heterocycles. The molecule has 0 aromatic rings. The topological polar surface area (TPSA) is 38.5 Å². The molecule has 0 heterocycles. The molecule has 1 saturated carbocycles. The van der Waals surface area contributed by atoms with Gasteiger partial charge in [0.05, 0.1) is 12.7 Å². The normalized spacial score (nSPS) is 21.4. The largest absolute Gasteiger partial charge is 0.377 e. The van der Waals surface area contributed by atoms with Crippen molar-refractivity contribution in [3.05, 3.63) is 0 Å². The van der Waals surface area contributed by atoms with Gasteiger partial charge in [0.15, 0.2) is 0 Å². The molecule has 0 bridgehead atoms. The molecule has 0 aromatic carbocycles. The van der Waals surface area contributed by atoms with Crippen molar-refractivity contribution in [1.82, 2.24) is 4.90 Å². The van der Waals surface area contributed by atoms with Gasteiger partial charge in [0.2, 0.25) is 0 Å². The Morgan fingerprint density at radius 1 is 1.18 bits per heavy atom. The number of nitrogens with two attached hydrogens (primary N) is 1. The van der Waals surface area contributed by atoms with Crippen LogP contribution in [0.4, 0.5) is 0 Å². The fourth-order valence-electron chi connectivity index (χ4n) is 3.21. The molecule has 1 unspecified atom stereocenters. The van der Waals surface area contributed by atoms with Crippen LogP contribution in [0, 0.1) is 0 Å². The summed E-state index contributed by atoms with van der Waals surface area (Å²) in [4.78, 5) is 2.55. The second-order valence-electron chi connectivity index (χ2n) is 5.47. The number of hydrogen-bond donors (Lipinski definition) is 1. The van der Waals surface area contributed by atoms with Gasteiger partial charge in [0, 0.05) is 11.6 Å². The molecule has 3 nitrogen and oxygen atoms in total. The summed E-state index contributed by atoms with van der Waals surface area (Å²) < 4.78 is 5.73. The van der Waals surface area contributed by atoms with E-state index >= 15 is 0 Å². The third-order valence-electron chi connectivity index (χ3n) is 4.16. The maximum absolute atomic E-state index is 6.45. The van der Waals surface area contributed by atoms with Crippen molar-refractivity contribution in [1.29, 1.82) is 0 Å². The number of nitrogens with zero attached hydrogens (tertiary/aromatic N) is 1. The molecule has 0 saturated heterocycles. The predicted octanol–water partition coefficient (Wildman–Crippen LogP) is 2.39. The van der Waals surface area contributed by atoms with Gasteiger partial charge in [-0.2, -0.15) is 0 Å². The highest BCUT2D eigenvalue weighted by Crippen LogP contribution is 2.37. The molecule has 3 heteroatoms. The van der Waals surface area contributed by atoms with Crippen molar-refractivity contribution < 1.29 is 4.74 Å². The van der Waals surface area contributed by atoms with E-state index in [1.807, 2.05) is 0 Å². The molecular weight excluding hydrogens is 212 g/mol. The van der Waals surface area contributed by atoms with E-state index in [0.29, 0.717) is 6.61 Å². The van der Waals surface area contributed by atoms with Crippen molar-refractivity contribution in [3.63, 3.8) is 0 Å². The summed E-state index contributed by atoms with van der Waals surface area (Å²) in [5.74, 6) is 0. The Hall–Kier alpha value is -0.120. The third kappa shape index (κ3) is 3.43. The molecule has 0 spiro atoms. The first-order chi connectivity index (χ1) is 8.06. The smallest absolute Gasteiger partial charge is 0.0639 e.